The third kappa shape index (κ3) is 5.09. The van der Waals surface area contributed by atoms with Crippen LogP contribution in [0.25, 0.3) is 0 Å². The lowest BCUT2D eigenvalue weighted by Crippen LogP contribution is -2.25. The molecule has 0 saturated carbocycles. The van der Waals surface area contributed by atoms with Crippen LogP contribution in [0, 0.1) is 5.41 Å². The fourth-order valence-electron chi connectivity index (χ4n) is 1.19. The molecule has 0 fully saturated rings. The lowest BCUT2D eigenvalue weighted by atomic mass is 9.97. The van der Waals surface area contributed by atoms with Gasteiger partial charge in [0.15, 0.2) is 6.61 Å². The van der Waals surface area contributed by atoms with E-state index in [1.807, 2.05) is 30.3 Å². The van der Waals surface area contributed by atoms with Crippen molar-refractivity contribution in [3.8, 4) is 0 Å². The van der Waals surface area contributed by atoms with Crippen molar-refractivity contribution in [2.75, 3.05) is 6.61 Å². The van der Waals surface area contributed by atoms with Crippen molar-refractivity contribution in [1.29, 1.82) is 0 Å². The Morgan fingerprint density at radius 2 is 1.85 bits per heavy atom. The number of hydrogen-bond donors (Lipinski definition) is 1. The zero-order chi connectivity index (χ0) is 15.2. The molecule has 0 heterocycles. The average Bonchev–Trinajstić information content (AvgIpc) is 2.41. The normalized spacial score (nSPS) is 12.1. The minimum Gasteiger partial charge on any atom is -0.514 e. The summed E-state index contributed by atoms with van der Waals surface area (Å²) in [4.78, 5) is 24.4. The number of rotatable bonds is 5. The molecule has 0 unspecified atom stereocenters. The first-order valence-electron chi connectivity index (χ1n) is 6.12. The summed E-state index contributed by atoms with van der Waals surface area (Å²) < 4.78 is 4.93. The Kier molecular flexibility index (Phi) is 5.82. The summed E-state index contributed by atoms with van der Waals surface area (Å²) in [7, 11) is 0. The Morgan fingerprint density at radius 3 is 2.35 bits per heavy atom. The molecule has 0 radical (unpaired) electrons. The predicted octanol–water partition coefficient (Wildman–Crippen LogP) is 3.34. The van der Waals surface area contributed by atoms with Gasteiger partial charge in [0.2, 0.25) is 5.78 Å². The number of aliphatic hydroxyl groups excluding tert-OH is 1. The summed E-state index contributed by atoms with van der Waals surface area (Å²) in [6.45, 7) is 4.76. The second-order valence-corrected chi connectivity index (χ2v) is 6.27. The quantitative estimate of drug-likeness (QED) is 0.390. The van der Waals surface area contributed by atoms with Crippen LogP contribution in [0.2, 0.25) is 0 Å². The number of aliphatic hydroxyl groups is 1. The second kappa shape index (κ2) is 7.14. The number of benzene rings is 1. The van der Waals surface area contributed by atoms with E-state index in [0.29, 0.717) is 0 Å². The lowest BCUT2D eigenvalue weighted by Gasteiger charge is -2.16. The number of ketones is 1. The zero-order valence-electron chi connectivity index (χ0n) is 11.8. The minimum absolute atomic E-state index is 0.137. The SMILES string of the molecule is CC(C)(C)C(=O)OCC(=O)C(=CO)Sc1ccccc1. The van der Waals surface area contributed by atoms with Gasteiger partial charge in [-0.15, -0.1) is 0 Å². The van der Waals surface area contributed by atoms with Crippen molar-refractivity contribution < 1.29 is 19.4 Å². The molecular weight excluding hydrogens is 276 g/mol. The topological polar surface area (TPSA) is 63.6 Å². The molecule has 1 aromatic carbocycles. The van der Waals surface area contributed by atoms with Crippen LogP contribution in [-0.2, 0) is 14.3 Å². The van der Waals surface area contributed by atoms with Gasteiger partial charge in [-0.25, -0.2) is 0 Å². The van der Waals surface area contributed by atoms with E-state index < -0.39 is 17.2 Å². The van der Waals surface area contributed by atoms with Gasteiger partial charge in [-0.05, 0) is 32.9 Å². The van der Waals surface area contributed by atoms with Gasteiger partial charge in [0.1, 0.15) is 0 Å². The molecule has 0 bridgehead atoms. The Labute approximate surface area is 122 Å². The standard InChI is InChI=1S/C15H18O4S/c1-15(2,3)14(18)19-10-12(17)13(9-16)20-11-7-5-4-6-8-11/h4-9,16H,10H2,1-3H3. The van der Waals surface area contributed by atoms with Crippen LogP contribution in [0.1, 0.15) is 20.8 Å². The third-order valence-corrected chi connectivity index (χ3v) is 3.37. The number of carbonyl (C=O) groups excluding carboxylic acids is 2. The molecule has 0 spiro atoms. The third-order valence-electron chi connectivity index (χ3n) is 2.31. The monoisotopic (exact) mass is 294 g/mol. The molecule has 1 rings (SSSR count). The van der Waals surface area contributed by atoms with Crippen LogP contribution < -0.4 is 0 Å². The number of hydrogen-bond acceptors (Lipinski definition) is 5. The first-order valence-corrected chi connectivity index (χ1v) is 6.94. The highest BCUT2D eigenvalue weighted by Crippen LogP contribution is 2.26. The highest BCUT2D eigenvalue weighted by Gasteiger charge is 2.24. The maximum atomic E-state index is 11.9. The van der Waals surface area contributed by atoms with Crippen LogP contribution in [0.5, 0.6) is 0 Å². The molecule has 0 aliphatic rings. The van der Waals surface area contributed by atoms with Crippen molar-refractivity contribution in [2.24, 2.45) is 5.41 Å². The fraction of sp³-hybridized carbons (Fsp3) is 0.333. The summed E-state index contributed by atoms with van der Waals surface area (Å²) in [6, 6.07) is 9.17. The molecule has 0 aliphatic heterocycles. The maximum absolute atomic E-state index is 11.9. The van der Waals surface area contributed by atoms with Crippen LogP contribution >= 0.6 is 11.8 Å². The molecule has 0 aliphatic carbocycles. The summed E-state index contributed by atoms with van der Waals surface area (Å²) in [5.74, 6) is -0.883. The molecule has 0 saturated heterocycles. The highest BCUT2D eigenvalue weighted by molar-refractivity contribution is 8.04. The van der Waals surface area contributed by atoms with Gasteiger partial charge in [-0.3, -0.25) is 9.59 Å². The maximum Gasteiger partial charge on any atom is 0.311 e. The molecule has 5 heteroatoms. The van der Waals surface area contributed by atoms with Crippen molar-refractivity contribution >= 4 is 23.5 Å². The zero-order valence-corrected chi connectivity index (χ0v) is 12.6. The largest absolute Gasteiger partial charge is 0.514 e. The van der Waals surface area contributed by atoms with E-state index >= 15 is 0 Å². The number of carbonyl (C=O) groups is 2. The van der Waals surface area contributed by atoms with Gasteiger partial charge in [0.05, 0.1) is 16.6 Å². The van der Waals surface area contributed by atoms with Gasteiger partial charge in [0.25, 0.3) is 0 Å². The fourth-order valence-corrected chi connectivity index (χ4v) is 1.96. The first-order chi connectivity index (χ1) is 9.34. The van der Waals surface area contributed by atoms with Gasteiger partial charge in [-0.2, -0.15) is 0 Å². The van der Waals surface area contributed by atoms with Gasteiger partial charge in [-0.1, -0.05) is 30.0 Å². The minimum atomic E-state index is -0.657. The van der Waals surface area contributed by atoms with Crippen molar-refractivity contribution in [3.05, 3.63) is 41.5 Å². The van der Waals surface area contributed by atoms with E-state index in [1.165, 1.54) is 0 Å². The molecular formula is C15H18O4S. The lowest BCUT2D eigenvalue weighted by molar-refractivity contribution is -0.155. The Balaban J connectivity index is 2.59. The van der Waals surface area contributed by atoms with E-state index in [1.54, 1.807) is 20.8 Å². The van der Waals surface area contributed by atoms with E-state index in [-0.39, 0.29) is 11.5 Å². The van der Waals surface area contributed by atoms with Crippen LogP contribution in [-0.4, -0.2) is 23.5 Å². The molecule has 0 amide bonds. The molecule has 108 valence electrons. The van der Waals surface area contributed by atoms with E-state index in [9.17, 15) is 9.59 Å². The van der Waals surface area contributed by atoms with E-state index in [4.69, 9.17) is 9.84 Å². The van der Waals surface area contributed by atoms with Gasteiger partial charge >= 0.3 is 5.97 Å². The Hall–Kier alpha value is -1.75. The van der Waals surface area contributed by atoms with E-state index in [0.717, 1.165) is 22.9 Å². The van der Waals surface area contributed by atoms with Crippen LogP contribution in [0.15, 0.2) is 46.4 Å². The first kappa shape index (κ1) is 16.3. The number of thioether (sulfide) groups is 1. The predicted molar refractivity (Wildman–Crippen MR) is 78.4 cm³/mol. The summed E-state index contributed by atoms with van der Waals surface area (Å²) in [5.41, 5.74) is -0.657. The molecule has 4 nitrogen and oxygen atoms in total. The van der Waals surface area contributed by atoms with E-state index in [2.05, 4.69) is 0 Å². The number of esters is 1. The van der Waals surface area contributed by atoms with Gasteiger partial charge in [0, 0.05) is 4.90 Å². The van der Waals surface area contributed by atoms with Crippen molar-refractivity contribution in [1.82, 2.24) is 0 Å². The van der Waals surface area contributed by atoms with Crippen LogP contribution in [0.4, 0.5) is 0 Å². The van der Waals surface area contributed by atoms with Gasteiger partial charge < -0.3 is 9.84 Å². The Bertz CT molecular complexity index is 500. The number of Topliss-reactive ketones (excluding diaryl/α,β-unsaturated/α-hetero) is 1. The van der Waals surface area contributed by atoms with Crippen LogP contribution in [0.3, 0.4) is 0 Å². The molecule has 0 aromatic heterocycles. The molecule has 0 atom stereocenters. The number of ether oxygens (including phenoxy) is 1. The van der Waals surface area contributed by atoms with Crippen molar-refractivity contribution in [2.45, 2.75) is 25.7 Å². The Morgan fingerprint density at radius 1 is 1.25 bits per heavy atom. The highest BCUT2D eigenvalue weighted by atomic mass is 32.2. The smallest absolute Gasteiger partial charge is 0.311 e. The second-order valence-electron chi connectivity index (χ2n) is 5.16. The average molecular weight is 294 g/mol. The summed E-state index contributed by atoms with van der Waals surface area (Å²) >= 11 is 1.13. The molecule has 1 N–H and O–H groups in total. The molecule has 1 aromatic rings. The molecule has 20 heavy (non-hydrogen) atoms. The summed E-state index contributed by atoms with van der Waals surface area (Å²) in [5, 5.41) is 9.14. The summed E-state index contributed by atoms with van der Waals surface area (Å²) in [6.07, 6.45) is 0.741. The van der Waals surface area contributed by atoms with Crippen molar-refractivity contribution in [3.63, 3.8) is 0 Å².